The molecule has 0 radical (unpaired) electrons. The third kappa shape index (κ3) is 5.44. The molecule has 0 spiro atoms. The summed E-state index contributed by atoms with van der Waals surface area (Å²) in [4.78, 5) is 28.9. The zero-order valence-corrected chi connectivity index (χ0v) is 15.8. The van der Waals surface area contributed by atoms with Crippen LogP contribution in [-0.2, 0) is 9.59 Å². The summed E-state index contributed by atoms with van der Waals surface area (Å²) >= 11 is 0. The number of nitrogens with zero attached hydrogens (tertiary/aromatic N) is 2. The molecule has 2 aliphatic carbocycles. The summed E-state index contributed by atoms with van der Waals surface area (Å²) < 4.78 is 0. The predicted octanol–water partition coefficient (Wildman–Crippen LogP) is 2.41. The predicted molar refractivity (Wildman–Crippen MR) is 99.2 cm³/mol. The molecular weight excluding hydrogens is 314 g/mol. The SMILES string of the molecule is CN(CCCNC(=O)C1CCN(C(=O)C2CC2)CC1)C1CCCCC1. The Bertz CT molecular complexity index is 450. The Morgan fingerprint density at radius 2 is 1.64 bits per heavy atom. The van der Waals surface area contributed by atoms with Gasteiger partial charge >= 0.3 is 0 Å². The van der Waals surface area contributed by atoms with Crippen LogP contribution in [0.3, 0.4) is 0 Å². The van der Waals surface area contributed by atoms with Gasteiger partial charge in [0.05, 0.1) is 0 Å². The molecule has 0 atom stereocenters. The number of rotatable bonds is 7. The Balaban J connectivity index is 1.27. The van der Waals surface area contributed by atoms with Gasteiger partial charge in [0.2, 0.25) is 11.8 Å². The van der Waals surface area contributed by atoms with Gasteiger partial charge in [0.1, 0.15) is 0 Å². The van der Waals surface area contributed by atoms with Crippen molar-refractivity contribution in [3.05, 3.63) is 0 Å². The molecule has 1 heterocycles. The number of amides is 2. The maximum atomic E-state index is 12.3. The quantitative estimate of drug-likeness (QED) is 0.718. The molecule has 3 aliphatic rings. The maximum absolute atomic E-state index is 12.3. The molecule has 5 heteroatoms. The maximum Gasteiger partial charge on any atom is 0.225 e. The fourth-order valence-electron chi connectivity index (χ4n) is 4.34. The molecule has 0 aromatic heterocycles. The molecule has 1 N–H and O–H groups in total. The van der Waals surface area contributed by atoms with Crippen LogP contribution < -0.4 is 5.32 Å². The summed E-state index contributed by atoms with van der Waals surface area (Å²) in [5.74, 6) is 0.911. The first-order valence-electron chi connectivity index (χ1n) is 10.4. The molecule has 3 rings (SSSR count). The monoisotopic (exact) mass is 349 g/mol. The summed E-state index contributed by atoms with van der Waals surface area (Å²) in [5, 5.41) is 3.12. The smallest absolute Gasteiger partial charge is 0.225 e. The molecule has 0 unspecified atom stereocenters. The molecule has 142 valence electrons. The van der Waals surface area contributed by atoms with Crippen molar-refractivity contribution < 1.29 is 9.59 Å². The largest absolute Gasteiger partial charge is 0.356 e. The lowest BCUT2D eigenvalue weighted by Gasteiger charge is -2.32. The number of piperidine rings is 1. The second-order valence-corrected chi connectivity index (χ2v) is 8.29. The van der Waals surface area contributed by atoms with Crippen LogP contribution in [-0.4, -0.2) is 60.9 Å². The Labute approximate surface area is 152 Å². The van der Waals surface area contributed by atoms with Gasteiger partial charge in [-0.2, -0.15) is 0 Å². The lowest BCUT2D eigenvalue weighted by atomic mass is 9.94. The third-order valence-electron chi connectivity index (χ3n) is 6.29. The van der Waals surface area contributed by atoms with E-state index in [1.807, 2.05) is 4.90 Å². The molecule has 1 saturated heterocycles. The summed E-state index contributed by atoms with van der Waals surface area (Å²) in [6.45, 7) is 3.37. The first-order valence-corrected chi connectivity index (χ1v) is 10.4. The number of likely N-dealkylation sites (tertiary alicyclic amines) is 1. The highest BCUT2D eigenvalue weighted by atomic mass is 16.2. The minimum absolute atomic E-state index is 0.0966. The highest BCUT2D eigenvalue weighted by Gasteiger charge is 2.35. The van der Waals surface area contributed by atoms with E-state index in [-0.39, 0.29) is 11.8 Å². The first-order chi connectivity index (χ1) is 12.1. The average molecular weight is 350 g/mol. The normalized spacial score (nSPS) is 23.0. The average Bonchev–Trinajstić information content (AvgIpc) is 3.50. The number of hydrogen-bond acceptors (Lipinski definition) is 3. The number of carbonyl (C=O) groups excluding carboxylic acids is 2. The first kappa shape index (κ1) is 18.7. The van der Waals surface area contributed by atoms with E-state index < -0.39 is 0 Å². The Morgan fingerprint density at radius 1 is 0.960 bits per heavy atom. The van der Waals surface area contributed by atoms with Crippen LogP contribution in [0.4, 0.5) is 0 Å². The third-order valence-corrected chi connectivity index (χ3v) is 6.29. The molecule has 0 aromatic rings. The van der Waals surface area contributed by atoms with Crippen molar-refractivity contribution in [3.8, 4) is 0 Å². The fourth-order valence-corrected chi connectivity index (χ4v) is 4.34. The van der Waals surface area contributed by atoms with E-state index >= 15 is 0 Å². The van der Waals surface area contributed by atoms with Crippen molar-refractivity contribution in [2.75, 3.05) is 33.2 Å². The van der Waals surface area contributed by atoms with E-state index in [2.05, 4.69) is 17.3 Å². The standard InChI is InChI=1S/C20H35N3O2/c1-22(18-6-3-2-4-7-18)13-5-12-21-19(24)16-10-14-23(15-11-16)20(25)17-8-9-17/h16-18H,2-15H2,1H3,(H,21,24). The highest BCUT2D eigenvalue weighted by molar-refractivity contribution is 5.82. The molecule has 2 amide bonds. The summed E-state index contributed by atoms with van der Waals surface area (Å²) in [6.07, 6.45) is 11.6. The minimum Gasteiger partial charge on any atom is -0.356 e. The van der Waals surface area contributed by atoms with Crippen LogP contribution in [0.5, 0.6) is 0 Å². The summed E-state index contributed by atoms with van der Waals surface area (Å²) in [7, 11) is 2.23. The van der Waals surface area contributed by atoms with Gasteiger partial charge in [0, 0.05) is 37.5 Å². The Hall–Kier alpha value is -1.10. The summed E-state index contributed by atoms with van der Waals surface area (Å²) in [6, 6.07) is 0.748. The fraction of sp³-hybridized carbons (Fsp3) is 0.900. The molecule has 1 aliphatic heterocycles. The van der Waals surface area contributed by atoms with Crippen LogP contribution in [0.2, 0.25) is 0 Å². The van der Waals surface area contributed by atoms with Gasteiger partial charge in [-0.1, -0.05) is 19.3 Å². The summed E-state index contributed by atoms with van der Waals surface area (Å²) in [5.41, 5.74) is 0. The molecule has 25 heavy (non-hydrogen) atoms. The lowest BCUT2D eigenvalue weighted by molar-refractivity contribution is -0.136. The van der Waals surface area contributed by atoms with E-state index in [9.17, 15) is 9.59 Å². The van der Waals surface area contributed by atoms with Crippen molar-refractivity contribution in [2.45, 2.75) is 70.3 Å². The van der Waals surface area contributed by atoms with Crippen LogP contribution >= 0.6 is 0 Å². The zero-order chi connectivity index (χ0) is 17.6. The topological polar surface area (TPSA) is 52.7 Å². The molecular formula is C20H35N3O2. The van der Waals surface area contributed by atoms with Gasteiger partial charge in [-0.15, -0.1) is 0 Å². The van der Waals surface area contributed by atoms with Crippen molar-refractivity contribution in [1.82, 2.24) is 15.1 Å². The molecule has 2 saturated carbocycles. The Kier molecular flexibility index (Phi) is 6.74. The van der Waals surface area contributed by atoms with Crippen LogP contribution in [0.1, 0.15) is 64.2 Å². The second kappa shape index (κ2) is 9.02. The van der Waals surface area contributed by atoms with Gasteiger partial charge < -0.3 is 15.1 Å². The van der Waals surface area contributed by atoms with Crippen molar-refractivity contribution in [1.29, 1.82) is 0 Å². The van der Waals surface area contributed by atoms with E-state index in [4.69, 9.17) is 0 Å². The van der Waals surface area contributed by atoms with E-state index in [0.29, 0.717) is 11.8 Å². The van der Waals surface area contributed by atoms with Crippen LogP contribution in [0, 0.1) is 11.8 Å². The molecule has 3 fully saturated rings. The van der Waals surface area contributed by atoms with E-state index in [1.54, 1.807) is 0 Å². The highest BCUT2D eigenvalue weighted by Crippen LogP contribution is 2.32. The Morgan fingerprint density at radius 3 is 2.28 bits per heavy atom. The van der Waals surface area contributed by atoms with Crippen molar-refractivity contribution >= 4 is 11.8 Å². The van der Waals surface area contributed by atoms with Gasteiger partial charge in [-0.25, -0.2) is 0 Å². The number of carbonyl (C=O) groups is 2. The van der Waals surface area contributed by atoms with Crippen molar-refractivity contribution in [2.24, 2.45) is 11.8 Å². The zero-order valence-electron chi connectivity index (χ0n) is 15.8. The van der Waals surface area contributed by atoms with E-state index in [1.165, 1.54) is 32.1 Å². The molecule has 0 aromatic carbocycles. The van der Waals surface area contributed by atoms with Gasteiger partial charge in [0.25, 0.3) is 0 Å². The van der Waals surface area contributed by atoms with Gasteiger partial charge in [-0.3, -0.25) is 9.59 Å². The second-order valence-electron chi connectivity index (χ2n) is 8.29. The van der Waals surface area contributed by atoms with Gasteiger partial charge in [0.15, 0.2) is 0 Å². The molecule has 5 nitrogen and oxygen atoms in total. The van der Waals surface area contributed by atoms with Crippen molar-refractivity contribution in [3.63, 3.8) is 0 Å². The van der Waals surface area contributed by atoms with Gasteiger partial charge in [-0.05, 0) is 58.5 Å². The number of hydrogen-bond donors (Lipinski definition) is 1. The van der Waals surface area contributed by atoms with E-state index in [0.717, 1.165) is 64.3 Å². The minimum atomic E-state index is 0.0966. The molecule has 0 bridgehead atoms. The number of nitrogens with one attached hydrogen (secondary N) is 1. The lowest BCUT2D eigenvalue weighted by Crippen LogP contribution is -2.44. The van der Waals surface area contributed by atoms with Crippen LogP contribution in [0.25, 0.3) is 0 Å². The van der Waals surface area contributed by atoms with Crippen LogP contribution in [0.15, 0.2) is 0 Å².